The molecular formula is C26H18N2O3S2. The molecule has 2 aliphatic heterocycles. The Labute approximate surface area is 198 Å². The summed E-state index contributed by atoms with van der Waals surface area (Å²) in [6.07, 6.45) is 0. The van der Waals surface area contributed by atoms with E-state index in [1.807, 2.05) is 60.7 Å². The van der Waals surface area contributed by atoms with Crippen LogP contribution in [0.25, 0.3) is 11.1 Å². The molecule has 1 fully saturated rings. The van der Waals surface area contributed by atoms with Gasteiger partial charge in [0.2, 0.25) is 11.8 Å². The predicted molar refractivity (Wildman–Crippen MR) is 131 cm³/mol. The minimum Gasteiger partial charge on any atom is -0.307 e. The van der Waals surface area contributed by atoms with Crippen molar-refractivity contribution in [1.29, 1.82) is 0 Å². The van der Waals surface area contributed by atoms with Gasteiger partial charge in [-0.15, -0.1) is 0 Å². The molecule has 7 heteroatoms. The van der Waals surface area contributed by atoms with E-state index in [4.69, 9.17) is 0 Å². The molecule has 4 aromatic rings. The van der Waals surface area contributed by atoms with Crippen molar-refractivity contribution in [2.24, 2.45) is 5.92 Å². The molecule has 1 N–H and O–H groups in total. The smallest absolute Gasteiger partial charge is 0.305 e. The van der Waals surface area contributed by atoms with Crippen LogP contribution in [0, 0.1) is 5.92 Å². The predicted octanol–water partition coefficient (Wildman–Crippen LogP) is 4.90. The first-order chi connectivity index (χ1) is 16.1. The number of fused-ring (bicyclic) bond motifs is 2. The Morgan fingerprint density at radius 2 is 1.36 bits per heavy atom. The van der Waals surface area contributed by atoms with E-state index in [1.54, 1.807) is 12.1 Å². The van der Waals surface area contributed by atoms with Crippen molar-refractivity contribution in [3.05, 3.63) is 105 Å². The zero-order valence-corrected chi connectivity index (χ0v) is 18.9. The van der Waals surface area contributed by atoms with Crippen molar-refractivity contribution in [2.45, 2.75) is 16.2 Å². The van der Waals surface area contributed by atoms with Crippen LogP contribution >= 0.6 is 23.1 Å². The Balaban J connectivity index is 1.45. The van der Waals surface area contributed by atoms with Gasteiger partial charge < -0.3 is 4.98 Å². The number of thiazole rings is 1. The third kappa shape index (κ3) is 3.27. The zero-order valence-electron chi connectivity index (χ0n) is 17.3. The van der Waals surface area contributed by atoms with E-state index >= 15 is 0 Å². The largest absolute Gasteiger partial charge is 0.307 e. The maximum Gasteiger partial charge on any atom is 0.305 e. The fraction of sp³-hybridized carbons (Fsp3) is 0.115. The lowest BCUT2D eigenvalue weighted by molar-refractivity contribution is -0.122. The second-order valence-corrected chi connectivity index (χ2v) is 10.3. The Bertz CT molecular complexity index is 1410. The summed E-state index contributed by atoms with van der Waals surface area (Å²) in [4.78, 5) is 44.1. The molecule has 6 rings (SSSR count). The second-order valence-electron chi connectivity index (χ2n) is 8.09. The number of anilines is 1. The zero-order chi connectivity index (χ0) is 22.5. The maximum atomic E-state index is 13.6. The molecule has 0 saturated carbocycles. The number of H-pyrrole nitrogens is 1. The minimum atomic E-state index is -0.575. The molecule has 0 radical (unpaired) electrons. The lowest BCUT2D eigenvalue weighted by Gasteiger charge is -2.29. The van der Waals surface area contributed by atoms with Crippen LogP contribution in [0.4, 0.5) is 5.69 Å². The number of thioether (sulfide) groups is 1. The van der Waals surface area contributed by atoms with E-state index in [1.165, 1.54) is 16.7 Å². The van der Waals surface area contributed by atoms with Crippen molar-refractivity contribution in [1.82, 2.24) is 4.98 Å². The summed E-state index contributed by atoms with van der Waals surface area (Å²) in [5.41, 5.74) is 3.69. The van der Waals surface area contributed by atoms with E-state index < -0.39 is 11.2 Å². The van der Waals surface area contributed by atoms with Crippen molar-refractivity contribution in [2.75, 3.05) is 4.90 Å². The molecule has 0 unspecified atom stereocenters. The number of hydrogen-bond donors (Lipinski definition) is 1. The molecule has 33 heavy (non-hydrogen) atoms. The highest BCUT2D eigenvalue weighted by atomic mass is 32.2. The van der Waals surface area contributed by atoms with Crippen LogP contribution in [0.3, 0.4) is 0 Å². The third-order valence-electron chi connectivity index (χ3n) is 6.22. The average Bonchev–Trinajstić information content (AvgIpc) is 3.34. The lowest BCUT2D eigenvalue weighted by atomic mass is 9.82. The summed E-state index contributed by atoms with van der Waals surface area (Å²) in [6.45, 7) is 0. The SMILES string of the molecule is O=C1[C@H]2[C@H](c3ccc(-c4ccccc4)cc3)c3sc(=O)[nH]c3S[C@H]2C(=O)N1c1ccccc1. The highest BCUT2D eigenvalue weighted by Gasteiger charge is 2.56. The number of amides is 2. The standard InChI is InChI=1S/C26H18N2O3S2/c29-24-20-19(17-13-11-16(12-14-17)15-7-3-1-4-8-15)21-23(27-26(31)33-21)32-22(20)25(30)28(24)18-9-5-2-6-10-18/h1-14,19-20,22H,(H,27,31)/t19-,20-,22+/m0/s1. The van der Waals surface area contributed by atoms with Crippen LogP contribution in [-0.2, 0) is 9.59 Å². The highest BCUT2D eigenvalue weighted by Crippen LogP contribution is 2.53. The summed E-state index contributed by atoms with van der Waals surface area (Å²) in [7, 11) is 0. The Kier molecular flexibility index (Phi) is 4.81. The van der Waals surface area contributed by atoms with Crippen LogP contribution in [0.2, 0.25) is 0 Å². The highest BCUT2D eigenvalue weighted by molar-refractivity contribution is 8.00. The lowest BCUT2D eigenvalue weighted by Crippen LogP contribution is -2.32. The van der Waals surface area contributed by atoms with E-state index in [0.29, 0.717) is 10.7 Å². The summed E-state index contributed by atoms with van der Waals surface area (Å²) in [5.74, 6) is -1.37. The number of para-hydroxylation sites is 1. The van der Waals surface area contributed by atoms with Crippen LogP contribution in [0.1, 0.15) is 16.4 Å². The van der Waals surface area contributed by atoms with Gasteiger partial charge in [0, 0.05) is 10.8 Å². The number of rotatable bonds is 3. The maximum absolute atomic E-state index is 13.6. The first-order valence-corrected chi connectivity index (χ1v) is 12.3. The topological polar surface area (TPSA) is 70.2 Å². The van der Waals surface area contributed by atoms with Gasteiger partial charge in [-0.25, -0.2) is 4.90 Å². The first-order valence-electron chi connectivity index (χ1n) is 10.6. The third-order valence-corrected chi connectivity index (χ3v) is 8.62. The molecule has 1 aromatic heterocycles. The number of hydrogen-bond acceptors (Lipinski definition) is 5. The molecule has 5 nitrogen and oxygen atoms in total. The summed E-state index contributed by atoms with van der Waals surface area (Å²) in [5, 5.41) is 0.119. The quantitative estimate of drug-likeness (QED) is 0.433. The number of nitrogens with one attached hydrogen (secondary N) is 1. The van der Waals surface area contributed by atoms with Crippen molar-refractivity contribution in [3.8, 4) is 11.1 Å². The molecule has 162 valence electrons. The van der Waals surface area contributed by atoms with Gasteiger partial charge in [0.05, 0.1) is 16.6 Å². The van der Waals surface area contributed by atoms with Gasteiger partial charge in [0.25, 0.3) is 0 Å². The number of carbonyl (C=O) groups excluding carboxylic acids is 2. The molecule has 0 aliphatic carbocycles. The molecule has 1 saturated heterocycles. The van der Waals surface area contributed by atoms with Crippen LogP contribution in [0.15, 0.2) is 94.7 Å². The van der Waals surface area contributed by atoms with Gasteiger partial charge in [-0.05, 0) is 28.8 Å². The monoisotopic (exact) mass is 470 g/mol. The Hall–Kier alpha value is -3.42. The van der Waals surface area contributed by atoms with Crippen molar-refractivity contribution < 1.29 is 9.59 Å². The molecule has 3 atom stereocenters. The average molecular weight is 471 g/mol. The van der Waals surface area contributed by atoms with E-state index in [-0.39, 0.29) is 22.6 Å². The number of carbonyl (C=O) groups is 2. The van der Waals surface area contributed by atoms with Gasteiger partial charge in [0.15, 0.2) is 0 Å². The number of imide groups is 1. The van der Waals surface area contributed by atoms with Crippen molar-refractivity contribution >= 4 is 40.6 Å². The molecule has 3 aromatic carbocycles. The first kappa shape index (κ1) is 20.2. The summed E-state index contributed by atoms with van der Waals surface area (Å²) in [6, 6.07) is 27.2. The van der Waals surface area contributed by atoms with E-state index in [0.717, 1.165) is 32.9 Å². The summed E-state index contributed by atoms with van der Waals surface area (Å²) >= 11 is 2.43. The molecule has 0 bridgehead atoms. The normalized spacial score (nSPS) is 21.7. The molecule has 2 amide bonds. The van der Waals surface area contributed by atoms with Gasteiger partial charge in [-0.1, -0.05) is 95.9 Å². The van der Waals surface area contributed by atoms with Gasteiger partial charge in [0.1, 0.15) is 5.25 Å². The van der Waals surface area contributed by atoms with Crippen molar-refractivity contribution in [3.63, 3.8) is 0 Å². The van der Waals surface area contributed by atoms with E-state index in [2.05, 4.69) is 17.1 Å². The number of aromatic nitrogens is 1. The Morgan fingerprint density at radius 3 is 2.06 bits per heavy atom. The molecule has 2 aliphatic rings. The number of nitrogens with zero attached hydrogens (tertiary/aromatic N) is 1. The molecular weight excluding hydrogens is 452 g/mol. The van der Waals surface area contributed by atoms with Crippen LogP contribution < -0.4 is 9.77 Å². The Morgan fingerprint density at radius 1 is 0.727 bits per heavy atom. The van der Waals surface area contributed by atoms with Gasteiger partial charge >= 0.3 is 4.87 Å². The minimum absolute atomic E-state index is 0.168. The number of aromatic amines is 1. The van der Waals surface area contributed by atoms with Crippen LogP contribution in [-0.4, -0.2) is 22.0 Å². The van der Waals surface area contributed by atoms with Gasteiger partial charge in [-0.2, -0.15) is 0 Å². The second kappa shape index (κ2) is 7.86. The fourth-order valence-electron chi connectivity index (χ4n) is 4.72. The van der Waals surface area contributed by atoms with Crippen LogP contribution in [0.5, 0.6) is 0 Å². The molecule has 0 spiro atoms. The van der Waals surface area contributed by atoms with Gasteiger partial charge in [-0.3, -0.25) is 14.4 Å². The van der Waals surface area contributed by atoms with E-state index in [9.17, 15) is 14.4 Å². The fourth-order valence-corrected chi connectivity index (χ4v) is 7.24. The summed E-state index contributed by atoms with van der Waals surface area (Å²) < 4.78 is 0. The molecule has 3 heterocycles. The number of benzene rings is 3.